The van der Waals surface area contributed by atoms with E-state index in [-0.39, 0.29) is 22.9 Å². The summed E-state index contributed by atoms with van der Waals surface area (Å²) in [7, 11) is 1.56. The maximum atomic E-state index is 11.4. The number of pyridine rings is 1. The van der Waals surface area contributed by atoms with Crippen molar-refractivity contribution >= 4 is 29.3 Å². The number of carbonyl (C=O) groups is 2. The van der Waals surface area contributed by atoms with Crippen LogP contribution in [-0.4, -0.2) is 48.8 Å². The standard InChI is InChI=1S/C12H16ClN3O4/c1-20-5-4-14-10(17)2-3-15-11-9(13)6-8(7-16-11)12(18)19/h6-7H,2-5H2,1H3,(H,14,17)(H,15,16)(H,18,19). The van der Waals surface area contributed by atoms with Crippen LogP contribution in [0, 0.1) is 0 Å². The van der Waals surface area contributed by atoms with E-state index in [0.717, 1.165) is 0 Å². The van der Waals surface area contributed by atoms with Gasteiger partial charge in [0.15, 0.2) is 0 Å². The number of carboxylic acids is 1. The van der Waals surface area contributed by atoms with Gasteiger partial charge in [0.25, 0.3) is 0 Å². The number of ether oxygens (including phenoxy) is 1. The summed E-state index contributed by atoms with van der Waals surface area (Å²) >= 11 is 5.89. The van der Waals surface area contributed by atoms with Gasteiger partial charge in [-0.2, -0.15) is 0 Å². The number of anilines is 1. The monoisotopic (exact) mass is 301 g/mol. The van der Waals surface area contributed by atoms with Crippen molar-refractivity contribution in [1.29, 1.82) is 0 Å². The molecule has 0 radical (unpaired) electrons. The molecule has 0 aromatic carbocycles. The minimum Gasteiger partial charge on any atom is -0.478 e. The highest BCUT2D eigenvalue weighted by Gasteiger charge is 2.08. The van der Waals surface area contributed by atoms with Gasteiger partial charge in [0.05, 0.1) is 17.2 Å². The Morgan fingerprint density at radius 1 is 1.45 bits per heavy atom. The van der Waals surface area contributed by atoms with Crippen LogP contribution in [0.15, 0.2) is 12.3 Å². The van der Waals surface area contributed by atoms with Gasteiger partial charge < -0.3 is 20.5 Å². The summed E-state index contributed by atoms with van der Waals surface area (Å²) in [4.78, 5) is 26.0. The first kappa shape index (κ1) is 16.2. The van der Waals surface area contributed by atoms with E-state index in [1.807, 2.05) is 0 Å². The number of nitrogens with one attached hydrogen (secondary N) is 2. The summed E-state index contributed by atoms with van der Waals surface area (Å²) in [6.45, 7) is 1.27. The Morgan fingerprint density at radius 2 is 2.20 bits per heavy atom. The van der Waals surface area contributed by atoms with Crippen LogP contribution in [0.2, 0.25) is 5.02 Å². The van der Waals surface area contributed by atoms with Gasteiger partial charge in [-0.05, 0) is 6.07 Å². The van der Waals surface area contributed by atoms with Gasteiger partial charge in [0.2, 0.25) is 5.91 Å². The number of aromatic carboxylic acids is 1. The fraction of sp³-hybridized carbons (Fsp3) is 0.417. The largest absolute Gasteiger partial charge is 0.478 e. The zero-order valence-corrected chi connectivity index (χ0v) is 11.7. The lowest BCUT2D eigenvalue weighted by Gasteiger charge is -2.08. The van der Waals surface area contributed by atoms with Crippen LogP contribution in [0.5, 0.6) is 0 Å². The van der Waals surface area contributed by atoms with E-state index in [4.69, 9.17) is 21.4 Å². The van der Waals surface area contributed by atoms with Crippen molar-refractivity contribution < 1.29 is 19.4 Å². The van der Waals surface area contributed by atoms with E-state index < -0.39 is 5.97 Å². The first-order chi connectivity index (χ1) is 9.54. The first-order valence-electron chi connectivity index (χ1n) is 5.93. The molecule has 1 amide bonds. The van der Waals surface area contributed by atoms with E-state index in [0.29, 0.717) is 25.5 Å². The van der Waals surface area contributed by atoms with Crippen LogP contribution >= 0.6 is 11.6 Å². The van der Waals surface area contributed by atoms with Crippen LogP contribution < -0.4 is 10.6 Å². The minimum absolute atomic E-state index is 0.0119. The van der Waals surface area contributed by atoms with Crippen molar-refractivity contribution in [2.24, 2.45) is 0 Å². The predicted octanol–water partition coefficient (Wildman–Crippen LogP) is 0.998. The number of amides is 1. The summed E-state index contributed by atoms with van der Waals surface area (Å²) < 4.78 is 4.81. The molecule has 20 heavy (non-hydrogen) atoms. The molecular formula is C12H16ClN3O4. The maximum Gasteiger partial charge on any atom is 0.337 e. The number of methoxy groups -OCH3 is 1. The third kappa shape index (κ3) is 5.41. The summed E-state index contributed by atoms with van der Waals surface area (Å²) in [5.74, 6) is -0.863. The lowest BCUT2D eigenvalue weighted by molar-refractivity contribution is -0.121. The average Bonchev–Trinajstić information content (AvgIpc) is 2.40. The Kier molecular flexibility index (Phi) is 6.75. The summed E-state index contributed by atoms with van der Waals surface area (Å²) in [5.41, 5.74) is 0.0119. The van der Waals surface area contributed by atoms with Gasteiger partial charge in [-0.15, -0.1) is 0 Å². The number of hydrogen-bond donors (Lipinski definition) is 3. The molecule has 0 atom stereocenters. The number of aromatic nitrogens is 1. The van der Waals surface area contributed by atoms with Gasteiger partial charge in [-0.1, -0.05) is 11.6 Å². The van der Waals surface area contributed by atoms with E-state index in [1.54, 1.807) is 7.11 Å². The molecule has 8 heteroatoms. The van der Waals surface area contributed by atoms with Crippen LogP contribution in [-0.2, 0) is 9.53 Å². The van der Waals surface area contributed by atoms with Crippen LogP contribution in [0.1, 0.15) is 16.8 Å². The van der Waals surface area contributed by atoms with E-state index >= 15 is 0 Å². The molecule has 0 saturated carbocycles. The average molecular weight is 302 g/mol. The maximum absolute atomic E-state index is 11.4. The molecular weight excluding hydrogens is 286 g/mol. The van der Waals surface area contributed by atoms with E-state index in [1.165, 1.54) is 12.3 Å². The second kappa shape index (κ2) is 8.34. The van der Waals surface area contributed by atoms with Crippen molar-refractivity contribution in [1.82, 2.24) is 10.3 Å². The molecule has 3 N–H and O–H groups in total. The molecule has 0 aliphatic heterocycles. The van der Waals surface area contributed by atoms with E-state index in [9.17, 15) is 9.59 Å². The molecule has 110 valence electrons. The molecule has 1 rings (SSSR count). The minimum atomic E-state index is -1.09. The van der Waals surface area contributed by atoms with Gasteiger partial charge in [-0.3, -0.25) is 4.79 Å². The molecule has 0 saturated heterocycles. The highest BCUT2D eigenvalue weighted by atomic mass is 35.5. The molecule has 0 aliphatic rings. The van der Waals surface area contributed by atoms with Crippen molar-refractivity contribution in [2.75, 3.05) is 32.1 Å². The van der Waals surface area contributed by atoms with Gasteiger partial charge >= 0.3 is 5.97 Å². The summed E-state index contributed by atoms with van der Waals surface area (Å²) in [6, 6.07) is 1.30. The third-order valence-corrected chi connectivity index (χ3v) is 2.65. The normalized spacial score (nSPS) is 10.1. The van der Waals surface area contributed by atoms with Crippen LogP contribution in [0.3, 0.4) is 0 Å². The van der Waals surface area contributed by atoms with Gasteiger partial charge in [-0.25, -0.2) is 9.78 Å². The number of carboxylic acid groups (broad SMARTS) is 1. The zero-order chi connectivity index (χ0) is 15.0. The van der Waals surface area contributed by atoms with Gasteiger partial charge in [0.1, 0.15) is 5.82 Å². The Bertz CT molecular complexity index is 482. The third-order valence-electron chi connectivity index (χ3n) is 2.36. The lowest BCUT2D eigenvalue weighted by Crippen LogP contribution is -2.28. The number of hydrogen-bond acceptors (Lipinski definition) is 5. The lowest BCUT2D eigenvalue weighted by atomic mass is 10.3. The fourth-order valence-electron chi connectivity index (χ4n) is 1.36. The number of rotatable bonds is 8. The molecule has 1 aromatic heterocycles. The number of nitrogens with zero attached hydrogens (tertiary/aromatic N) is 1. The van der Waals surface area contributed by atoms with Crippen molar-refractivity contribution in [3.05, 3.63) is 22.8 Å². The van der Waals surface area contributed by atoms with Crippen molar-refractivity contribution in [2.45, 2.75) is 6.42 Å². The van der Waals surface area contributed by atoms with Crippen LogP contribution in [0.4, 0.5) is 5.82 Å². The quantitative estimate of drug-likeness (QED) is 0.619. The molecule has 7 nitrogen and oxygen atoms in total. The molecule has 0 aliphatic carbocycles. The number of halogens is 1. The molecule has 1 aromatic rings. The molecule has 0 fully saturated rings. The van der Waals surface area contributed by atoms with Crippen molar-refractivity contribution in [3.8, 4) is 0 Å². The predicted molar refractivity (Wildman–Crippen MR) is 74.2 cm³/mol. The fourth-order valence-corrected chi connectivity index (χ4v) is 1.59. The zero-order valence-electron chi connectivity index (χ0n) is 11.0. The van der Waals surface area contributed by atoms with Gasteiger partial charge in [0, 0.05) is 32.8 Å². The SMILES string of the molecule is COCCNC(=O)CCNc1ncc(C(=O)O)cc1Cl. The molecule has 0 spiro atoms. The second-order valence-electron chi connectivity index (χ2n) is 3.88. The second-order valence-corrected chi connectivity index (χ2v) is 4.29. The first-order valence-corrected chi connectivity index (χ1v) is 6.30. The Hall–Kier alpha value is -1.86. The van der Waals surface area contributed by atoms with E-state index in [2.05, 4.69) is 15.6 Å². The highest BCUT2D eigenvalue weighted by Crippen LogP contribution is 2.19. The smallest absolute Gasteiger partial charge is 0.337 e. The van der Waals surface area contributed by atoms with Crippen molar-refractivity contribution in [3.63, 3.8) is 0 Å². The Balaban J connectivity index is 2.38. The summed E-state index contributed by atoms with van der Waals surface area (Å²) in [6.07, 6.45) is 1.46. The van der Waals surface area contributed by atoms with Crippen LogP contribution in [0.25, 0.3) is 0 Å². The number of carbonyl (C=O) groups excluding carboxylic acids is 1. The molecule has 0 bridgehead atoms. The Labute approximate surface area is 121 Å². The summed E-state index contributed by atoms with van der Waals surface area (Å²) in [5, 5.41) is 14.5. The molecule has 0 unspecified atom stereocenters. The highest BCUT2D eigenvalue weighted by molar-refractivity contribution is 6.33. The molecule has 1 heterocycles. The topological polar surface area (TPSA) is 101 Å². The Morgan fingerprint density at radius 3 is 2.80 bits per heavy atom.